The predicted octanol–water partition coefficient (Wildman–Crippen LogP) is 2.63. The van der Waals surface area contributed by atoms with Crippen molar-refractivity contribution in [2.75, 3.05) is 13.6 Å². The molecule has 0 saturated carbocycles. The van der Waals surface area contributed by atoms with E-state index in [4.69, 9.17) is 0 Å². The lowest BCUT2D eigenvalue weighted by Gasteiger charge is -2.25. The molecule has 2 heteroatoms. The Morgan fingerprint density at radius 1 is 1.21 bits per heavy atom. The zero-order valence-corrected chi connectivity index (χ0v) is 8.82. The normalized spacial score (nSPS) is 24.5. The van der Waals surface area contributed by atoms with Gasteiger partial charge in [0.2, 0.25) is 0 Å². The average Bonchev–Trinajstić information content (AvgIpc) is 2.44. The molecule has 2 rings (SSSR count). The molecule has 1 atom stereocenters. The molecule has 0 N–H and O–H groups in total. The fourth-order valence-corrected chi connectivity index (χ4v) is 2.26. The van der Waals surface area contributed by atoms with Gasteiger partial charge in [0.25, 0.3) is 0 Å². The molecule has 1 unspecified atom stereocenters. The van der Waals surface area contributed by atoms with Gasteiger partial charge in [-0.1, -0.05) is 12.8 Å². The summed E-state index contributed by atoms with van der Waals surface area (Å²) in [6, 6.07) is 4.90. The summed E-state index contributed by atoms with van der Waals surface area (Å²) in [6.07, 6.45) is 9.17. The van der Waals surface area contributed by atoms with Crippen LogP contribution in [0.1, 0.15) is 37.3 Å². The fraction of sp³-hybridized carbons (Fsp3) is 0.583. The summed E-state index contributed by atoms with van der Waals surface area (Å²) < 4.78 is 0. The van der Waals surface area contributed by atoms with E-state index in [0.717, 1.165) is 0 Å². The zero-order valence-electron chi connectivity index (χ0n) is 8.82. The van der Waals surface area contributed by atoms with Crippen molar-refractivity contribution in [3.63, 3.8) is 0 Å². The Kier molecular flexibility index (Phi) is 3.14. The maximum Gasteiger partial charge on any atom is 0.0346 e. The largest absolute Gasteiger partial charge is 0.299 e. The topological polar surface area (TPSA) is 16.1 Å². The van der Waals surface area contributed by atoms with Gasteiger partial charge in [0.05, 0.1) is 0 Å². The van der Waals surface area contributed by atoms with Crippen LogP contribution in [-0.2, 0) is 0 Å². The quantitative estimate of drug-likeness (QED) is 0.676. The van der Waals surface area contributed by atoms with Crippen molar-refractivity contribution in [3.8, 4) is 0 Å². The van der Waals surface area contributed by atoms with E-state index in [1.54, 1.807) is 0 Å². The van der Waals surface area contributed by atoms with Crippen LogP contribution >= 0.6 is 0 Å². The van der Waals surface area contributed by atoms with Gasteiger partial charge in [0.15, 0.2) is 0 Å². The lowest BCUT2D eigenvalue weighted by molar-refractivity contribution is 0.250. The molecule has 2 heterocycles. The number of pyridine rings is 1. The third-order valence-electron chi connectivity index (χ3n) is 3.11. The van der Waals surface area contributed by atoms with Gasteiger partial charge in [-0.25, -0.2) is 0 Å². The molecule has 0 spiro atoms. The lowest BCUT2D eigenvalue weighted by Crippen LogP contribution is -2.23. The fourth-order valence-electron chi connectivity index (χ4n) is 2.26. The number of likely N-dealkylation sites (tertiary alicyclic amines) is 1. The Bertz CT molecular complexity index is 271. The minimum atomic E-state index is 0.612. The van der Waals surface area contributed by atoms with E-state index in [9.17, 15) is 0 Å². The van der Waals surface area contributed by atoms with E-state index in [-0.39, 0.29) is 0 Å². The summed E-state index contributed by atoms with van der Waals surface area (Å²) >= 11 is 0. The molecule has 1 aromatic rings. The monoisotopic (exact) mass is 190 g/mol. The van der Waals surface area contributed by atoms with Crippen molar-refractivity contribution in [1.29, 1.82) is 0 Å². The Morgan fingerprint density at radius 2 is 2.00 bits per heavy atom. The molecule has 76 valence electrons. The minimum Gasteiger partial charge on any atom is -0.299 e. The van der Waals surface area contributed by atoms with Gasteiger partial charge in [-0.15, -0.1) is 0 Å². The first-order valence-corrected chi connectivity index (χ1v) is 5.48. The van der Waals surface area contributed by atoms with Crippen LogP contribution in [0.2, 0.25) is 0 Å². The second-order valence-electron chi connectivity index (χ2n) is 4.13. The second-order valence-corrected chi connectivity index (χ2v) is 4.13. The number of hydrogen-bond acceptors (Lipinski definition) is 2. The maximum atomic E-state index is 4.07. The predicted molar refractivity (Wildman–Crippen MR) is 58.1 cm³/mol. The molecule has 1 fully saturated rings. The van der Waals surface area contributed by atoms with Gasteiger partial charge >= 0.3 is 0 Å². The Morgan fingerprint density at radius 3 is 2.79 bits per heavy atom. The van der Waals surface area contributed by atoms with E-state index in [1.165, 1.54) is 37.8 Å². The van der Waals surface area contributed by atoms with Crippen LogP contribution in [0, 0.1) is 0 Å². The maximum absolute atomic E-state index is 4.07. The highest BCUT2D eigenvalue weighted by Crippen LogP contribution is 2.27. The highest BCUT2D eigenvalue weighted by molar-refractivity contribution is 5.15. The zero-order chi connectivity index (χ0) is 9.80. The lowest BCUT2D eigenvalue weighted by atomic mass is 10.0. The molecule has 0 bridgehead atoms. The van der Waals surface area contributed by atoms with Crippen LogP contribution in [0.3, 0.4) is 0 Å². The highest BCUT2D eigenvalue weighted by atomic mass is 15.1. The number of hydrogen-bond donors (Lipinski definition) is 0. The smallest absolute Gasteiger partial charge is 0.0346 e. The molecule has 2 nitrogen and oxygen atoms in total. The van der Waals surface area contributed by atoms with Crippen molar-refractivity contribution in [2.45, 2.75) is 31.7 Å². The van der Waals surface area contributed by atoms with E-state index in [0.29, 0.717) is 6.04 Å². The molecule has 0 radical (unpaired) electrons. The van der Waals surface area contributed by atoms with Gasteiger partial charge in [0.1, 0.15) is 0 Å². The summed E-state index contributed by atoms with van der Waals surface area (Å²) in [5.74, 6) is 0. The summed E-state index contributed by atoms with van der Waals surface area (Å²) in [7, 11) is 2.23. The van der Waals surface area contributed by atoms with Crippen LogP contribution < -0.4 is 0 Å². The van der Waals surface area contributed by atoms with Crippen LogP contribution in [0.4, 0.5) is 0 Å². The summed E-state index contributed by atoms with van der Waals surface area (Å²) in [5.41, 5.74) is 1.42. The third-order valence-corrected chi connectivity index (χ3v) is 3.11. The van der Waals surface area contributed by atoms with Gasteiger partial charge < -0.3 is 0 Å². The van der Waals surface area contributed by atoms with Crippen molar-refractivity contribution >= 4 is 0 Å². The Labute approximate surface area is 86.0 Å². The second kappa shape index (κ2) is 4.56. The summed E-state index contributed by atoms with van der Waals surface area (Å²) in [4.78, 5) is 6.54. The molecule has 1 aliphatic heterocycles. The summed E-state index contributed by atoms with van der Waals surface area (Å²) in [5, 5.41) is 0. The van der Waals surface area contributed by atoms with Gasteiger partial charge in [0, 0.05) is 18.4 Å². The molecule has 1 saturated heterocycles. The van der Waals surface area contributed by atoms with E-state index in [1.807, 2.05) is 12.4 Å². The number of nitrogens with zero attached hydrogens (tertiary/aromatic N) is 2. The van der Waals surface area contributed by atoms with Crippen LogP contribution in [0.15, 0.2) is 24.5 Å². The van der Waals surface area contributed by atoms with E-state index < -0.39 is 0 Å². The third kappa shape index (κ3) is 2.13. The van der Waals surface area contributed by atoms with Crippen LogP contribution in [0.5, 0.6) is 0 Å². The molecular weight excluding hydrogens is 172 g/mol. The van der Waals surface area contributed by atoms with Gasteiger partial charge in [-0.3, -0.25) is 9.88 Å². The molecule has 1 aromatic heterocycles. The Balaban J connectivity index is 2.15. The van der Waals surface area contributed by atoms with Crippen molar-refractivity contribution in [2.24, 2.45) is 0 Å². The molecule has 0 amide bonds. The first kappa shape index (κ1) is 9.66. The van der Waals surface area contributed by atoms with Crippen molar-refractivity contribution in [3.05, 3.63) is 30.1 Å². The molecule has 14 heavy (non-hydrogen) atoms. The number of rotatable bonds is 1. The minimum absolute atomic E-state index is 0.612. The summed E-state index contributed by atoms with van der Waals surface area (Å²) in [6.45, 7) is 1.23. The average molecular weight is 190 g/mol. The first-order valence-electron chi connectivity index (χ1n) is 5.48. The Hall–Kier alpha value is -0.890. The standard InChI is InChI=1S/C12H18N2/c1-14-10-4-2-3-5-12(14)11-6-8-13-9-7-11/h6-9,12H,2-5,10H2,1H3. The van der Waals surface area contributed by atoms with Crippen LogP contribution in [-0.4, -0.2) is 23.5 Å². The van der Waals surface area contributed by atoms with Crippen LogP contribution in [0.25, 0.3) is 0 Å². The number of aromatic nitrogens is 1. The van der Waals surface area contributed by atoms with Crippen molar-refractivity contribution in [1.82, 2.24) is 9.88 Å². The van der Waals surface area contributed by atoms with E-state index in [2.05, 4.69) is 29.1 Å². The molecule has 0 aliphatic carbocycles. The molecular formula is C12H18N2. The first-order chi connectivity index (χ1) is 6.88. The van der Waals surface area contributed by atoms with E-state index >= 15 is 0 Å². The molecule has 0 aromatic carbocycles. The van der Waals surface area contributed by atoms with Gasteiger partial charge in [-0.2, -0.15) is 0 Å². The highest BCUT2D eigenvalue weighted by Gasteiger charge is 2.18. The SMILES string of the molecule is CN1CCCCCC1c1ccncc1. The van der Waals surface area contributed by atoms with Crippen molar-refractivity contribution < 1.29 is 0 Å². The molecule has 1 aliphatic rings. The van der Waals surface area contributed by atoms with Gasteiger partial charge in [-0.05, 0) is 44.1 Å².